The van der Waals surface area contributed by atoms with Crippen LogP contribution in [0.5, 0.6) is 0 Å². The van der Waals surface area contributed by atoms with E-state index in [0.29, 0.717) is 13.1 Å². The fourth-order valence-electron chi connectivity index (χ4n) is 2.98. The van der Waals surface area contributed by atoms with Crippen LogP contribution >= 0.6 is 11.3 Å². The number of nitrogens with one attached hydrogen (secondary N) is 2. The van der Waals surface area contributed by atoms with E-state index in [9.17, 15) is 9.18 Å². The van der Waals surface area contributed by atoms with Crippen molar-refractivity contribution in [3.63, 3.8) is 0 Å². The summed E-state index contributed by atoms with van der Waals surface area (Å²) in [4.78, 5) is 15.8. The summed E-state index contributed by atoms with van der Waals surface area (Å²) in [6, 6.07) is 10.4. The average Bonchev–Trinajstić information content (AvgIpc) is 3.29. The summed E-state index contributed by atoms with van der Waals surface area (Å²) in [5.74, 6) is -0.271. The number of nitrogens with zero attached hydrogens (tertiary/aromatic N) is 1. The summed E-state index contributed by atoms with van der Waals surface area (Å²) in [5.41, 5.74) is 0.876. The molecule has 2 N–H and O–H groups in total. The number of benzene rings is 1. The Labute approximate surface area is 145 Å². The molecule has 0 aliphatic carbocycles. The predicted octanol–water partition coefficient (Wildman–Crippen LogP) is 3.52. The van der Waals surface area contributed by atoms with Crippen LogP contribution in [0.2, 0.25) is 0 Å². The largest absolute Gasteiger partial charge is 0.336 e. The quantitative estimate of drug-likeness (QED) is 0.840. The van der Waals surface area contributed by atoms with Gasteiger partial charge in [0.15, 0.2) is 0 Å². The molecule has 3 rings (SSSR count). The molecule has 1 unspecified atom stereocenters. The summed E-state index contributed by atoms with van der Waals surface area (Å²) in [6.45, 7) is 3.15. The first-order valence-corrected chi connectivity index (χ1v) is 9.14. The minimum absolute atomic E-state index is 0.194. The third-order valence-electron chi connectivity index (χ3n) is 4.28. The first kappa shape index (κ1) is 16.9. The Balaban J connectivity index is 1.50. The van der Waals surface area contributed by atoms with Crippen LogP contribution < -0.4 is 10.6 Å². The number of hydrogen-bond acceptors (Lipinski definition) is 3. The molecule has 0 bridgehead atoms. The van der Waals surface area contributed by atoms with Crippen molar-refractivity contribution in [2.45, 2.75) is 25.4 Å². The summed E-state index contributed by atoms with van der Waals surface area (Å²) in [6.07, 6.45) is 2.44. The van der Waals surface area contributed by atoms with E-state index < -0.39 is 0 Å². The second-order valence-corrected chi connectivity index (χ2v) is 6.94. The molecule has 2 aromatic rings. The maximum atomic E-state index is 12.9. The van der Waals surface area contributed by atoms with Gasteiger partial charge in [-0.3, -0.25) is 4.90 Å². The van der Waals surface area contributed by atoms with E-state index in [-0.39, 0.29) is 17.9 Å². The van der Waals surface area contributed by atoms with E-state index in [1.54, 1.807) is 23.5 Å². The standard InChI is InChI=1S/C18H22FN3OS/c19-15-7-5-14(6-8-15)12-20-18(23)21-13-16(17-4-3-11-24-17)22-9-1-2-10-22/h3-8,11,16H,1-2,9-10,12-13H2,(H2,20,21,23). The number of amides is 2. The number of likely N-dealkylation sites (tertiary alicyclic amines) is 1. The molecule has 1 aliphatic heterocycles. The molecule has 1 fully saturated rings. The Morgan fingerprint density at radius 2 is 1.92 bits per heavy atom. The fourth-order valence-corrected chi connectivity index (χ4v) is 3.84. The van der Waals surface area contributed by atoms with Crippen molar-refractivity contribution in [3.05, 3.63) is 58.0 Å². The van der Waals surface area contributed by atoms with Gasteiger partial charge in [-0.15, -0.1) is 11.3 Å². The zero-order valence-electron chi connectivity index (χ0n) is 13.5. The molecule has 1 aromatic heterocycles. The average molecular weight is 347 g/mol. The highest BCUT2D eigenvalue weighted by atomic mass is 32.1. The predicted molar refractivity (Wildman–Crippen MR) is 94.5 cm³/mol. The van der Waals surface area contributed by atoms with Gasteiger partial charge < -0.3 is 10.6 Å². The first-order chi connectivity index (χ1) is 11.7. The molecule has 2 heterocycles. The van der Waals surface area contributed by atoms with Gasteiger partial charge in [-0.25, -0.2) is 9.18 Å². The molecule has 2 amide bonds. The maximum absolute atomic E-state index is 12.9. The van der Waals surface area contributed by atoms with Crippen LogP contribution in [0.1, 0.15) is 29.3 Å². The topological polar surface area (TPSA) is 44.4 Å². The summed E-state index contributed by atoms with van der Waals surface area (Å²) in [5, 5.41) is 7.87. The van der Waals surface area contributed by atoms with Gasteiger partial charge in [-0.1, -0.05) is 18.2 Å². The highest BCUT2D eigenvalue weighted by molar-refractivity contribution is 7.10. The molecule has 1 saturated heterocycles. The number of carbonyl (C=O) groups excluding carboxylic acids is 1. The van der Waals surface area contributed by atoms with Crippen molar-refractivity contribution >= 4 is 17.4 Å². The lowest BCUT2D eigenvalue weighted by Gasteiger charge is -2.26. The highest BCUT2D eigenvalue weighted by Gasteiger charge is 2.24. The number of rotatable bonds is 6. The Morgan fingerprint density at radius 3 is 2.58 bits per heavy atom. The van der Waals surface area contributed by atoms with Crippen LogP contribution in [0, 0.1) is 5.82 Å². The lowest BCUT2D eigenvalue weighted by Crippen LogP contribution is -2.41. The van der Waals surface area contributed by atoms with Crippen LogP contribution in [0.15, 0.2) is 41.8 Å². The molecule has 0 radical (unpaired) electrons. The van der Waals surface area contributed by atoms with E-state index >= 15 is 0 Å². The van der Waals surface area contributed by atoms with Crippen molar-refractivity contribution in [1.82, 2.24) is 15.5 Å². The van der Waals surface area contributed by atoms with E-state index in [4.69, 9.17) is 0 Å². The van der Waals surface area contributed by atoms with Gasteiger partial charge in [0.2, 0.25) is 0 Å². The van der Waals surface area contributed by atoms with Crippen molar-refractivity contribution < 1.29 is 9.18 Å². The van der Waals surface area contributed by atoms with Crippen LogP contribution in [0.4, 0.5) is 9.18 Å². The molecule has 1 atom stereocenters. The van der Waals surface area contributed by atoms with Gasteiger partial charge in [0.25, 0.3) is 0 Å². The normalized spacial score (nSPS) is 16.0. The minimum Gasteiger partial charge on any atom is -0.336 e. The molecular weight excluding hydrogens is 325 g/mol. The molecule has 4 nitrogen and oxygen atoms in total. The van der Waals surface area contributed by atoms with Gasteiger partial charge >= 0.3 is 6.03 Å². The first-order valence-electron chi connectivity index (χ1n) is 8.26. The Kier molecular flexibility index (Phi) is 5.82. The molecule has 1 aromatic carbocycles. The van der Waals surface area contributed by atoms with Crippen LogP contribution in [-0.4, -0.2) is 30.6 Å². The number of hydrogen-bond donors (Lipinski definition) is 2. The van der Waals surface area contributed by atoms with Crippen molar-refractivity contribution in [2.24, 2.45) is 0 Å². The summed E-state index contributed by atoms with van der Waals surface area (Å²) < 4.78 is 12.9. The molecular formula is C18H22FN3OS. The van der Waals surface area contributed by atoms with Gasteiger partial charge in [-0.2, -0.15) is 0 Å². The fraction of sp³-hybridized carbons (Fsp3) is 0.389. The minimum atomic E-state index is -0.271. The van der Waals surface area contributed by atoms with E-state index in [1.165, 1.54) is 29.9 Å². The number of carbonyl (C=O) groups is 1. The van der Waals surface area contributed by atoms with Crippen LogP contribution in [0.3, 0.4) is 0 Å². The lowest BCUT2D eigenvalue weighted by molar-refractivity contribution is 0.222. The number of urea groups is 1. The molecule has 6 heteroatoms. The second kappa shape index (κ2) is 8.26. The zero-order valence-corrected chi connectivity index (χ0v) is 14.3. The third-order valence-corrected chi connectivity index (χ3v) is 5.25. The van der Waals surface area contributed by atoms with Gasteiger partial charge in [0.05, 0.1) is 6.04 Å². The van der Waals surface area contributed by atoms with Crippen LogP contribution in [-0.2, 0) is 6.54 Å². The van der Waals surface area contributed by atoms with Crippen LogP contribution in [0.25, 0.3) is 0 Å². The molecule has 128 valence electrons. The second-order valence-electron chi connectivity index (χ2n) is 5.96. The van der Waals surface area contributed by atoms with Gasteiger partial charge in [-0.05, 0) is 55.1 Å². The Bertz CT molecular complexity index is 639. The summed E-state index contributed by atoms with van der Waals surface area (Å²) >= 11 is 1.73. The Hall–Kier alpha value is -1.92. The maximum Gasteiger partial charge on any atom is 0.315 e. The number of halogens is 1. The lowest BCUT2D eigenvalue weighted by atomic mass is 10.2. The molecule has 1 aliphatic rings. The smallest absolute Gasteiger partial charge is 0.315 e. The molecule has 0 saturated carbocycles. The van der Waals surface area contributed by atoms with Crippen molar-refractivity contribution in [2.75, 3.05) is 19.6 Å². The SMILES string of the molecule is O=C(NCc1ccc(F)cc1)NCC(c1cccs1)N1CCCC1. The van der Waals surface area contributed by atoms with Gasteiger partial charge in [0, 0.05) is 18.0 Å². The zero-order chi connectivity index (χ0) is 16.8. The van der Waals surface area contributed by atoms with E-state index in [2.05, 4.69) is 33.0 Å². The Morgan fingerprint density at radius 1 is 1.17 bits per heavy atom. The number of thiophene rings is 1. The summed E-state index contributed by atoms with van der Waals surface area (Å²) in [7, 11) is 0. The van der Waals surface area contributed by atoms with E-state index in [0.717, 1.165) is 18.7 Å². The van der Waals surface area contributed by atoms with Crippen molar-refractivity contribution in [1.29, 1.82) is 0 Å². The molecule has 24 heavy (non-hydrogen) atoms. The molecule has 0 spiro atoms. The van der Waals surface area contributed by atoms with Crippen molar-refractivity contribution in [3.8, 4) is 0 Å². The van der Waals surface area contributed by atoms with Gasteiger partial charge in [0.1, 0.15) is 5.82 Å². The monoisotopic (exact) mass is 347 g/mol. The highest BCUT2D eigenvalue weighted by Crippen LogP contribution is 2.27. The third kappa shape index (κ3) is 4.55. The van der Waals surface area contributed by atoms with E-state index in [1.807, 2.05) is 0 Å².